The van der Waals surface area contributed by atoms with Crippen LogP contribution in [0.2, 0.25) is 0 Å². The first-order valence-corrected chi connectivity index (χ1v) is 28.5. The van der Waals surface area contributed by atoms with E-state index in [0.717, 1.165) is 86.6 Å². The molecule has 0 aliphatic carbocycles. The number of phenols is 1. The number of rotatable bonds is 23. The van der Waals surface area contributed by atoms with Gasteiger partial charge in [-0.1, -0.05) is 77.8 Å². The molecule has 0 aromatic heterocycles. The maximum atomic E-state index is 14.6. The first kappa shape index (κ1) is 66.8. The molecule has 80 heavy (non-hydrogen) atoms. The summed E-state index contributed by atoms with van der Waals surface area (Å²) in [5.74, 6) is -9.82. The Hall–Kier alpha value is -5.68. The van der Waals surface area contributed by atoms with E-state index in [4.69, 9.17) is 10.5 Å². The van der Waals surface area contributed by atoms with Crippen molar-refractivity contribution in [3.8, 4) is 5.75 Å². The van der Waals surface area contributed by atoms with Gasteiger partial charge >= 0.3 is 5.97 Å². The number of primary amides is 1. The number of ether oxygens (including phenoxy) is 1. The minimum Gasteiger partial charge on any atom is -0.508 e. The lowest BCUT2D eigenvalue weighted by atomic mass is 9.91. The monoisotopic (exact) mass is 1150 g/mol. The summed E-state index contributed by atoms with van der Waals surface area (Å²) in [4.78, 5) is 127. The zero-order valence-electron chi connectivity index (χ0n) is 46.1. The molecule has 0 bridgehead atoms. The van der Waals surface area contributed by atoms with Gasteiger partial charge in [0, 0.05) is 32.4 Å². The van der Waals surface area contributed by atoms with Gasteiger partial charge in [0.05, 0.1) is 49.8 Å². The van der Waals surface area contributed by atoms with Gasteiger partial charge in [-0.3, -0.25) is 43.2 Å². The van der Waals surface area contributed by atoms with E-state index < -0.39 is 176 Å². The van der Waals surface area contributed by atoms with Crippen molar-refractivity contribution in [1.82, 2.24) is 36.4 Å². The number of hydrogen-bond acceptors (Lipinski definition) is 19. The molecule has 0 spiro atoms. The Morgan fingerprint density at radius 2 is 1.38 bits per heavy atom. The maximum Gasteiger partial charge on any atom is 0.315 e. The molecule has 27 heteroatoms. The van der Waals surface area contributed by atoms with Crippen LogP contribution in [-0.4, -0.2) is 208 Å². The molecule has 16 atom stereocenters. The van der Waals surface area contributed by atoms with Crippen molar-refractivity contribution in [3.63, 3.8) is 0 Å². The van der Waals surface area contributed by atoms with E-state index in [9.17, 15) is 84.0 Å². The van der Waals surface area contributed by atoms with Crippen molar-refractivity contribution >= 4 is 65.0 Å². The van der Waals surface area contributed by atoms with Gasteiger partial charge in [-0.25, -0.2) is 0 Å². The number of thioether (sulfide) groups is 1. The second-order valence-corrected chi connectivity index (χ2v) is 22.6. The molecule has 2 unspecified atom stereocenters. The molecule has 0 radical (unpaired) electrons. The van der Waals surface area contributed by atoms with Gasteiger partial charge in [0.2, 0.25) is 47.3 Å². The Morgan fingerprint density at radius 3 is 2.00 bits per heavy atom. The molecule has 8 amide bonds. The highest BCUT2D eigenvalue weighted by Gasteiger charge is 2.49. The number of aliphatic hydroxyl groups is 7. The topological polar surface area (TPSA) is 417 Å². The lowest BCUT2D eigenvalue weighted by molar-refractivity contribution is -0.148. The second kappa shape index (κ2) is 32.1. The smallest absolute Gasteiger partial charge is 0.315 e. The maximum absolute atomic E-state index is 14.6. The molecule has 26 nitrogen and oxygen atoms in total. The van der Waals surface area contributed by atoms with E-state index in [0.29, 0.717) is 36.4 Å². The van der Waals surface area contributed by atoms with Crippen LogP contribution in [0.1, 0.15) is 129 Å². The number of nitrogens with zero attached hydrogens (tertiary/aromatic N) is 2. The number of fused-ring (bicyclic) bond motifs is 2. The van der Waals surface area contributed by atoms with Gasteiger partial charge in [0.15, 0.2) is 0 Å². The van der Waals surface area contributed by atoms with E-state index in [1.165, 1.54) is 6.42 Å². The second-order valence-electron chi connectivity index (χ2n) is 21.4. The van der Waals surface area contributed by atoms with Crippen LogP contribution in [0.3, 0.4) is 0 Å². The van der Waals surface area contributed by atoms with Gasteiger partial charge in [-0.15, -0.1) is 11.8 Å². The number of methoxy groups -OCH3 is 1. The molecule has 1 aromatic rings. The number of carbonyl (C=O) groups is 9. The van der Waals surface area contributed by atoms with Gasteiger partial charge < -0.3 is 87.7 Å². The van der Waals surface area contributed by atoms with E-state index in [1.807, 2.05) is 0 Å². The standard InChI is InChI=1S/C53H84N8O18S/c1-6-27(2)21-28(3)13-11-9-7-8-10-12-14-39(69)55-33-23-37(67)51(80-26-40(70)79-5)59-50(76)44-35(65)19-20-60(44)53(78)42(36(66)24-38(54)68)57-49(75)43(46(72)45(71)30-15-17-31(63)18-16-30)58-48(74)34-22-32(64)25-61(34)52(77)41(29(4)62)56-47(33)73/h15-18,27-29,32-37,41-46,51,62-67,71-72H,6-14,19-26H2,1-5H3,(H2,54,68)(H,55,69)(H,56,73)(H,57,75)(H,58,74)(H,59,76)/t27?,28?,29-,32-,33+,34+,35+,36-,37-,41+,42+,43+,44+,45+,46+,51-/m1/s1. The fraction of sp³-hybridized carbons (Fsp3) is 0.717. The number of phenolic OH excluding ortho intramolecular Hbond substituents is 1. The molecule has 4 rings (SSSR count). The number of nitrogens with one attached hydrogen (secondary N) is 5. The first-order chi connectivity index (χ1) is 37.8. The Kier molecular flexibility index (Phi) is 26.8. The van der Waals surface area contributed by atoms with Gasteiger partial charge in [-0.05, 0) is 55.7 Å². The van der Waals surface area contributed by atoms with Crippen molar-refractivity contribution < 1.29 is 88.7 Å². The third kappa shape index (κ3) is 19.5. The van der Waals surface area contributed by atoms with Gasteiger partial charge in [0.25, 0.3) is 0 Å². The van der Waals surface area contributed by atoms with E-state index in [1.54, 1.807) is 0 Å². The van der Waals surface area contributed by atoms with Crippen molar-refractivity contribution in [2.45, 2.75) is 202 Å². The molecule has 3 aliphatic rings. The summed E-state index contributed by atoms with van der Waals surface area (Å²) in [6, 6.07) is -7.36. The number of aromatic hydroxyl groups is 1. The van der Waals surface area contributed by atoms with E-state index in [-0.39, 0.29) is 24.2 Å². The number of amides is 8. The summed E-state index contributed by atoms with van der Waals surface area (Å²) < 4.78 is 4.76. The highest BCUT2D eigenvalue weighted by molar-refractivity contribution is 8.00. The first-order valence-electron chi connectivity index (χ1n) is 27.4. The normalized spacial score (nSPS) is 27.9. The molecule has 1 aromatic carbocycles. The molecular formula is C53H84N8O18S. The van der Waals surface area contributed by atoms with Crippen LogP contribution in [0.15, 0.2) is 24.3 Å². The van der Waals surface area contributed by atoms with Crippen LogP contribution < -0.4 is 32.3 Å². The molecule has 15 N–H and O–H groups in total. The van der Waals surface area contributed by atoms with Crippen LogP contribution in [0.5, 0.6) is 5.75 Å². The number of esters is 1. The van der Waals surface area contributed by atoms with Crippen molar-refractivity contribution in [2.24, 2.45) is 17.6 Å². The molecule has 450 valence electrons. The SMILES string of the molecule is CCC(C)CC(C)CCCCCCCCC(=O)N[C@H]1C[C@@H](O)[C@@H](SCC(=O)OC)NC(=O)[C@@H]2[C@@H](O)CCN2C(=O)[C@H]([C@H](O)CC(N)=O)NC(=O)[C@H]([C@H](O)[C@@H](O)c2ccc(O)cc2)NC(=O)[C@@H]2C[C@@H](O)CN2C(=O)[C@H]([C@@H](C)O)NC1=O. The Morgan fingerprint density at radius 1 is 0.762 bits per heavy atom. The van der Waals surface area contributed by atoms with Crippen molar-refractivity contribution in [2.75, 3.05) is 26.0 Å². The average Bonchev–Trinajstić information content (AvgIpc) is 4.02. The summed E-state index contributed by atoms with van der Waals surface area (Å²) in [6.45, 7) is 6.77. The van der Waals surface area contributed by atoms with Crippen molar-refractivity contribution in [3.05, 3.63) is 29.8 Å². The molecule has 3 saturated heterocycles. The third-order valence-electron chi connectivity index (χ3n) is 14.9. The third-order valence-corrected chi connectivity index (χ3v) is 16.1. The Labute approximate surface area is 469 Å². The minimum absolute atomic E-state index is 0.0815. The molecule has 3 fully saturated rings. The van der Waals surface area contributed by atoms with Crippen LogP contribution in [0.25, 0.3) is 0 Å². The Balaban J connectivity index is 1.77. The fourth-order valence-corrected chi connectivity index (χ4v) is 11.1. The van der Waals surface area contributed by atoms with Gasteiger partial charge in [-0.2, -0.15) is 0 Å². The molecular weight excluding hydrogens is 1070 g/mol. The fourth-order valence-electron chi connectivity index (χ4n) is 10.2. The average molecular weight is 1150 g/mol. The number of unbranched alkanes of at least 4 members (excludes halogenated alkanes) is 5. The number of carbonyl (C=O) groups excluding carboxylic acids is 9. The summed E-state index contributed by atoms with van der Waals surface area (Å²) in [7, 11) is 1.07. The Bertz CT molecular complexity index is 2270. The number of aliphatic hydroxyl groups excluding tert-OH is 7. The van der Waals surface area contributed by atoms with Crippen LogP contribution >= 0.6 is 11.8 Å². The van der Waals surface area contributed by atoms with Gasteiger partial charge in [0.1, 0.15) is 59.6 Å². The lowest BCUT2D eigenvalue weighted by Gasteiger charge is -2.34. The highest BCUT2D eigenvalue weighted by Crippen LogP contribution is 2.28. The quantitative estimate of drug-likeness (QED) is 0.0400. The summed E-state index contributed by atoms with van der Waals surface area (Å²) in [6.07, 6.45) is -7.70. The summed E-state index contributed by atoms with van der Waals surface area (Å²) in [5.41, 5.74) is 5.26. The van der Waals surface area contributed by atoms with Crippen LogP contribution in [0, 0.1) is 11.8 Å². The largest absolute Gasteiger partial charge is 0.508 e. The van der Waals surface area contributed by atoms with Crippen LogP contribution in [0.4, 0.5) is 0 Å². The lowest BCUT2D eigenvalue weighted by Crippen LogP contribution is -2.64. The number of nitrogens with two attached hydrogens (primary N) is 1. The summed E-state index contributed by atoms with van der Waals surface area (Å²) in [5, 5.41) is 99.7. The zero-order chi connectivity index (χ0) is 59.5. The summed E-state index contributed by atoms with van der Waals surface area (Å²) >= 11 is 0.590. The number of benzene rings is 1. The highest BCUT2D eigenvalue weighted by atomic mass is 32.2. The predicted octanol–water partition coefficient (Wildman–Crippen LogP) is -2.43. The van der Waals surface area contributed by atoms with E-state index >= 15 is 0 Å². The van der Waals surface area contributed by atoms with Crippen LogP contribution in [-0.2, 0) is 47.9 Å². The minimum atomic E-state index is -2.37. The molecule has 3 heterocycles. The number of hydrogen-bond donors (Lipinski definition) is 14. The molecule has 0 saturated carbocycles. The zero-order valence-corrected chi connectivity index (χ0v) is 46.9. The van der Waals surface area contributed by atoms with Crippen molar-refractivity contribution in [1.29, 1.82) is 0 Å². The molecule has 3 aliphatic heterocycles. The van der Waals surface area contributed by atoms with E-state index in [2.05, 4.69) is 47.4 Å². The predicted molar refractivity (Wildman–Crippen MR) is 288 cm³/mol.